The van der Waals surface area contributed by atoms with Gasteiger partial charge in [0.05, 0.1) is 42.8 Å². The maximum absolute atomic E-state index is 12.8. The summed E-state index contributed by atoms with van der Waals surface area (Å²) in [5.74, 6) is 1.01. The number of amides is 2. The van der Waals surface area contributed by atoms with E-state index in [-0.39, 0.29) is 31.0 Å². The van der Waals surface area contributed by atoms with Crippen LogP contribution in [-0.2, 0) is 16.1 Å². The van der Waals surface area contributed by atoms with Gasteiger partial charge in [-0.05, 0) is 30.7 Å². The van der Waals surface area contributed by atoms with Gasteiger partial charge >= 0.3 is 0 Å². The fraction of sp³-hybridized carbons (Fsp3) is 0.333. The molecule has 11 heteroatoms. The fourth-order valence-electron chi connectivity index (χ4n) is 4.22. The second-order valence-electron chi connectivity index (χ2n) is 8.35. The summed E-state index contributed by atoms with van der Waals surface area (Å²) in [6, 6.07) is 9.17. The highest BCUT2D eigenvalue weighted by atomic mass is 16.5. The predicted molar refractivity (Wildman–Crippen MR) is 130 cm³/mol. The number of fused-ring (bicyclic) bond motifs is 2. The summed E-state index contributed by atoms with van der Waals surface area (Å²) in [7, 11) is 3.38. The highest BCUT2D eigenvalue weighted by molar-refractivity contribution is 6.26. The lowest BCUT2D eigenvalue weighted by molar-refractivity contribution is -0.124. The van der Waals surface area contributed by atoms with Gasteiger partial charge in [-0.15, -0.1) is 0 Å². The van der Waals surface area contributed by atoms with E-state index >= 15 is 0 Å². The van der Waals surface area contributed by atoms with Crippen molar-refractivity contribution in [2.75, 3.05) is 44.1 Å². The molecule has 0 bridgehead atoms. The molecule has 2 aliphatic heterocycles. The minimum Gasteiger partial charge on any atom is -0.481 e. The normalized spacial score (nSPS) is 17.3. The number of likely N-dealkylation sites (N-methyl/N-ethyl adjacent to an activating group) is 1. The molecule has 2 amide bonds. The molecule has 1 atom stereocenters. The molecule has 0 radical (unpaired) electrons. The molecule has 35 heavy (non-hydrogen) atoms. The number of nitrogens with one attached hydrogen (secondary N) is 1. The van der Waals surface area contributed by atoms with Crippen LogP contribution in [0.5, 0.6) is 11.6 Å². The lowest BCUT2D eigenvalue weighted by Gasteiger charge is -2.24. The number of ether oxygens (including phenoxy) is 2. The number of pyridine rings is 3. The lowest BCUT2D eigenvalue weighted by Crippen LogP contribution is -2.39. The van der Waals surface area contributed by atoms with Gasteiger partial charge in [0.25, 0.3) is 11.8 Å². The van der Waals surface area contributed by atoms with Crippen molar-refractivity contribution in [1.29, 1.82) is 0 Å². The first-order valence-corrected chi connectivity index (χ1v) is 11.3. The number of nitrogens with zero attached hydrogens (tertiary/aromatic N) is 6. The van der Waals surface area contributed by atoms with Crippen molar-refractivity contribution in [1.82, 2.24) is 19.9 Å². The fourth-order valence-corrected chi connectivity index (χ4v) is 4.22. The van der Waals surface area contributed by atoms with Crippen LogP contribution in [-0.4, -0.2) is 77.8 Å². The van der Waals surface area contributed by atoms with Crippen LogP contribution in [0.1, 0.15) is 12.1 Å². The number of anilines is 2. The SMILES string of the molecule is COc1ccc2nccc(N3CCC(N(C)C(=O)C=NCc4ccc5c(n4)NC(=O)CO5)C3)c2n1. The van der Waals surface area contributed by atoms with Crippen LogP contribution >= 0.6 is 0 Å². The van der Waals surface area contributed by atoms with Crippen molar-refractivity contribution in [2.24, 2.45) is 4.99 Å². The van der Waals surface area contributed by atoms with Crippen LogP contribution in [0, 0.1) is 0 Å². The highest BCUT2D eigenvalue weighted by Crippen LogP contribution is 2.29. The van der Waals surface area contributed by atoms with Gasteiger partial charge in [-0.1, -0.05) is 0 Å². The van der Waals surface area contributed by atoms with Gasteiger partial charge in [0, 0.05) is 32.4 Å². The topological polar surface area (TPSA) is 122 Å². The molecule has 1 fully saturated rings. The molecule has 5 rings (SSSR count). The van der Waals surface area contributed by atoms with Crippen LogP contribution < -0.4 is 19.7 Å². The third-order valence-electron chi connectivity index (χ3n) is 6.13. The number of rotatable bonds is 6. The molecule has 2 aliphatic rings. The number of aliphatic imine (C=N–C) groups is 1. The van der Waals surface area contributed by atoms with Crippen LogP contribution in [0.4, 0.5) is 11.5 Å². The summed E-state index contributed by atoms with van der Waals surface area (Å²) < 4.78 is 10.6. The summed E-state index contributed by atoms with van der Waals surface area (Å²) in [6.07, 6.45) is 3.93. The van der Waals surface area contributed by atoms with Crippen molar-refractivity contribution in [3.05, 3.63) is 42.2 Å². The molecule has 0 aromatic carbocycles. The van der Waals surface area contributed by atoms with Gasteiger partial charge in [-0.2, -0.15) is 0 Å². The lowest BCUT2D eigenvalue weighted by atomic mass is 10.2. The summed E-state index contributed by atoms with van der Waals surface area (Å²) in [4.78, 5) is 45.7. The van der Waals surface area contributed by atoms with Gasteiger partial charge in [-0.25, -0.2) is 9.97 Å². The van der Waals surface area contributed by atoms with E-state index in [1.165, 1.54) is 6.21 Å². The summed E-state index contributed by atoms with van der Waals surface area (Å²) in [5.41, 5.74) is 3.17. The average Bonchev–Trinajstić information content (AvgIpc) is 3.37. The van der Waals surface area contributed by atoms with E-state index in [9.17, 15) is 9.59 Å². The molecule has 1 unspecified atom stereocenters. The van der Waals surface area contributed by atoms with Crippen molar-refractivity contribution in [3.8, 4) is 11.6 Å². The third-order valence-corrected chi connectivity index (χ3v) is 6.13. The molecular formula is C24H25N7O4. The largest absolute Gasteiger partial charge is 0.481 e. The number of carbonyl (C=O) groups excluding carboxylic acids is 2. The summed E-state index contributed by atoms with van der Waals surface area (Å²) in [5, 5.41) is 2.67. The second kappa shape index (κ2) is 9.53. The Morgan fingerprint density at radius 2 is 2.20 bits per heavy atom. The predicted octanol–water partition coefficient (Wildman–Crippen LogP) is 1.67. The van der Waals surface area contributed by atoms with Crippen LogP contribution in [0.3, 0.4) is 0 Å². The zero-order chi connectivity index (χ0) is 24.4. The van der Waals surface area contributed by atoms with Crippen LogP contribution in [0.15, 0.2) is 41.5 Å². The Balaban J connectivity index is 1.21. The molecule has 1 saturated heterocycles. The van der Waals surface area contributed by atoms with E-state index in [1.807, 2.05) is 12.1 Å². The monoisotopic (exact) mass is 475 g/mol. The van der Waals surface area contributed by atoms with Gasteiger partial charge < -0.3 is 24.6 Å². The summed E-state index contributed by atoms with van der Waals surface area (Å²) in [6.45, 7) is 1.67. The molecule has 0 spiro atoms. The minimum absolute atomic E-state index is 0.0201. The average molecular weight is 476 g/mol. The highest BCUT2D eigenvalue weighted by Gasteiger charge is 2.29. The maximum atomic E-state index is 12.8. The van der Waals surface area contributed by atoms with E-state index in [0.717, 1.165) is 29.7 Å². The maximum Gasteiger partial charge on any atom is 0.264 e. The van der Waals surface area contributed by atoms with Gasteiger partial charge in [-0.3, -0.25) is 19.6 Å². The zero-order valence-electron chi connectivity index (χ0n) is 19.5. The molecular weight excluding hydrogens is 450 g/mol. The molecule has 0 aliphatic carbocycles. The number of methoxy groups -OCH3 is 1. The van der Waals surface area contributed by atoms with Gasteiger partial charge in [0.1, 0.15) is 5.52 Å². The van der Waals surface area contributed by atoms with E-state index in [1.54, 1.807) is 43.5 Å². The van der Waals surface area contributed by atoms with E-state index < -0.39 is 0 Å². The van der Waals surface area contributed by atoms with Crippen molar-refractivity contribution in [3.63, 3.8) is 0 Å². The number of hydrogen-bond acceptors (Lipinski definition) is 9. The van der Waals surface area contributed by atoms with Gasteiger partial charge in [0.15, 0.2) is 18.2 Å². The first kappa shape index (κ1) is 22.5. The Morgan fingerprint density at radius 1 is 1.31 bits per heavy atom. The number of aromatic nitrogens is 3. The summed E-state index contributed by atoms with van der Waals surface area (Å²) >= 11 is 0. The van der Waals surface area contributed by atoms with E-state index in [0.29, 0.717) is 29.7 Å². The number of carbonyl (C=O) groups is 2. The second-order valence-corrected chi connectivity index (χ2v) is 8.35. The Hall–Kier alpha value is -4.28. The molecule has 5 heterocycles. The minimum atomic E-state index is -0.247. The zero-order valence-corrected chi connectivity index (χ0v) is 19.5. The van der Waals surface area contributed by atoms with Crippen molar-refractivity contribution in [2.45, 2.75) is 19.0 Å². The number of hydrogen-bond donors (Lipinski definition) is 1. The molecule has 1 N–H and O–H groups in total. The van der Waals surface area contributed by atoms with Crippen molar-refractivity contribution >= 4 is 40.6 Å². The van der Waals surface area contributed by atoms with Crippen LogP contribution in [0.2, 0.25) is 0 Å². The standard InChI is InChI=1S/C24H25N7O4/c1-30(22(33)12-25-11-15-3-5-19-24(27-15)28-20(32)14-35-19)16-8-10-31(13-16)18-7-9-26-17-4-6-21(34-2)29-23(17)18/h3-7,9,12,16H,8,10-11,13-14H2,1-2H3,(H,27,28,32). The Labute approximate surface area is 201 Å². The Kier molecular flexibility index (Phi) is 6.13. The smallest absolute Gasteiger partial charge is 0.264 e. The quantitative estimate of drug-likeness (QED) is 0.535. The molecule has 0 saturated carbocycles. The van der Waals surface area contributed by atoms with E-state index in [4.69, 9.17) is 9.47 Å². The third kappa shape index (κ3) is 4.70. The molecule has 3 aromatic rings. The van der Waals surface area contributed by atoms with Crippen LogP contribution in [0.25, 0.3) is 11.0 Å². The van der Waals surface area contributed by atoms with Crippen molar-refractivity contribution < 1.29 is 19.1 Å². The first-order chi connectivity index (χ1) is 17.0. The molecule has 11 nitrogen and oxygen atoms in total. The Morgan fingerprint density at radius 3 is 3.06 bits per heavy atom. The van der Waals surface area contributed by atoms with Gasteiger partial charge in [0.2, 0.25) is 5.88 Å². The Bertz CT molecular complexity index is 1310. The molecule has 180 valence electrons. The first-order valence-electron chi connectivity index (χ1n) is 11.3. The van der Waals surface area contributed by atoms with E-state index in [2.05, 4.69) is 30.2 Å². The molecule has 3 aromatic heterocycles.